The number of halogens is 3. The van der Waals surface area contributed by atoms with Crippen LogP contribution in [-0.4, -0.2) is 39.5 Å². The number of carbonyl (C=O) groups is 1. The summed E-state index contributed by atoms with van der Waals surface area (Å²) in [6, 6.07) is -0.709. The number of nitrogens with zero attached hydrogens (tertiary/aromatic N) is 3. The lowest BCUT2D eigenvalue weighted by atomic mass is 9.85. The molecule has 0 bridgehead atoms. The number of amides is 2. The van der Waals surface area contributed by atoms with Crippen molar-refractivity contribution in [1.82, 2.24) is 20.0 Å². The number of carbonyl (C=O) groups excluding carboxylic acids is 1. The summed E-state index contributed by atoms with van der Waals surface area (Å²) >= 11 is 0. The number of aromatic nitrogens is 2. The lowest BCUT2D eigenvalue weighted by molar-refractivity contribution is -0.183. The van der Waals surface area contributed by atoms with Gasteiger partial charge in [0.15, 0.2) is 0 Å². The molecule has 1 aliphatic rings. The van der Waals surface area contributed by atoms with E-state index in [9.17, 15) is 18.0 Å². The quantitative estimate of drug-likeness (QED) is 0.888. The van der Waals surface area contributed by atoms with Gasteiger partial charge in [0.1, 0.15) is 0 Å². The van der Waals surface area contributed by atoms with E-state index in [1.165, 1.54) is 0 Å². The summed E-state index contributed by atoms with van der Waals surface area (Å²) in [4.78, 5) is 14.1. The Balaban J connectivity index is 1.94. The van der Waals surface area contributed by atoms with Crippen LogP contribution in [0.25, 0.3) is 0 Å². The van der Waals surface area contributed by atoms with Gasteiger partial charge in [-0.1, -0.05) is 13.3 Å². The molecule has 1 aromatic rings. The van der Waals surface area contributed by atoms with E-state index in [1.807, 2.05) is 13.1 Å². The Morgan fingerprint density at radius 3 is 2.79 bits per heavy atom. The maximum absolute atomic E-state index is 12.9. The molecule has 1 aliphatic carbocycles. The molecule has 1 heterocycles. The van der Waals surface area contributed by atoms with Crippen LogP contribution in [0.2, 0.25) is 0 Å². The van der Waals surface area contributed by atoms with Crippen molar-refractivity contribution in [1.29, 1.82) is 0 Å². The highest BCUT2D eigenvalue weighted by Crippen LogP contribution is 2.37. The van der Waals surface area contributed by atoms with Gasteiger partial charge in [-0.15, -0.1) is 0 Å². The highest BCUT2D eigenvalue weighted by molar-refractivity contribution is 5.74. The Kier molecular flexibility index (Phi) is 6.12. The minimum absolute atomic E-state index is 0.0257. The molecule has 2 rings (SSSR count). The summed E-state index contributed by atoms with van der Waals surface area (Å²) in [5.41, 5.74) is 0.901. The van der Waals surface area contributed by atoms with Crippen LogP contribution in [0.4, 0.5) is 18.0 Å². The summed E-state index contributed by atoms with van der Waals surface area (Å²) in [6.45, 7) is 2.92. The molecule has 0 aromatic carbocycles. The first kappa shape index (κ1) is 18.6. The van der Waals surface area contributed by atoms with Gasteiger partial charge in [0.25, 0.3) is 0 Å². The fraction of sp³-hybridized carbons (Fsp3) is 0.750. The molecule has 1 aromatic heterocycles. The number of urea groups is 1. The third kappa shape index (κ3) is 5.14. The van der Waals surface area contributed by atoms with E-state index in [0.29, 0.717) is 25.9 Å². The third-order valence-electron chi connectivity index (χ3n) is 4.38. The van der Waals surface area contributed by atoms with Crippen LogP contribution in [0, 0.1) is 5.92 Å². The molecule has 0 aliphatic heterocycles. The molecule has 1 N–H and O–H groups in total. The van der Waals surface area contributed by atoms with Crippen molar-refractivity contribution in [3.05, 3.63) is 18.0 Å². The van der Waals surface area contributed by atoms with Gasteiger partial charge >= 0.3 is 12.2 Å². The van der Waals surface area contributed by atoms with Crippen LogP contribution in [0.3, 0.4) is 0 Å². The Morgan fingerprint density at radius 2 is 2.21 bits per heavy atom. The molecule has 2 amide bonds. The Morgan fingerprint density at radius 1 is 1.46 bits per heavy atom. The van der Waals surface area contributed by atoms with Gasteiger partial charge in [-0.2, -0.15) is 18.3 Å². The van der Waals surface area contributed by atoms with Crippen molar-refractivity contribution in [2.24, 2.45) is 13.0 Å². The summed E-state index contributed by atoms with van der Waals surface area (Å²) < 4.78 is 40.3. The average molecular weight is 346 g/mol. The highest BCUT2D eigenvalue weighted by Gasteiger charge is 2.42. The van der Waals surface area contributed by atoms with Crippen LogP contribution in [0.5, 0.6) is 0 Å². The largest absolute Gasteiger partial charge is 0.391 e. The highest BCUT2D eigenvalue weighted by atomic mass is 19.4. The lowest BCUT2D eigenvalue weighted by Crippen LogP contribution is -2.47. The van der Waals surface area contributed by atoms with Crippen LogP contribution >= 0.6 is 0 Å². The zero-order valence-corrected chi connectivity index (χ0v) is 14.1. The molecule has 0 radical (unpaired) electrons. The molecule has 8 heteroatoms. The molecule has 24 heavy (non-hydrogen) atoms. The van der Waals surface area contributed by atoms with E-state index in [2.05, 4.69) is 10.4 Å². The molecular formula is C16H25F3N4O. The first-order valence-corrected chi connectivity index (χ1v) is 8.39. The Hall–Kier alpha value is -1.73. The monoisotopic (exact) mass is 346 g/mol. The summed E-state index contributed by atoms with van der Waals surface area (Å²) in [7, 11) is 1.80. The maximum Gasteiger partial charge on any atom is 0.391 e. The van der Waals surface area contributed by atoms with E-state index in [-0.39, 0.29) is 18.9 Å². The van der Waals surface area contributed by atoms with Crippen molar-refractivity contribution >= 4 is 6.03 Å². The van der Waals surface area contributed by atoms with Gasteiger partial charge < -0.3 is 10.2 Å². The standard InChI is InChI=1S/C16H25F3N4O/c1-3-7-23(11-12-9-20-22(2)10-12)15(24)21-14-6-4-5-13(8-14)16(17,18)19/h9-10,13-14H,3-8,11H2,1-2H3,(H,21,24)/t13-,14+/m0/s1. The van der Waals surface area contributed by atoms with Crippen LogP contribution < -0.4 is 5.32 Å². The third-order valence-corrected chi connectivity index (χ3v) is 4.38. The number of hydrogen-bond acceptors (Lipinski definition) is 2. The Bertz CT molecular complexity index is 544. The molecule has 0 unspecified atom stereocenters. The molecule has 0 saturated heterocycles. The van der Waals surface area contributed by atoms with Gasteiger partial charge in [0.2, 0.25) is 0 Å². The van der Waals surface area contributed by atoms with E-state index in [4.69, 9.17) is 0 Å². The van der Waals surface area contributed by atoms with E-state index >= 15 is 0 Å². The van der Waals surface area contributed by atoms with Gasteiger partial charge in [-0.3, -0.25) is 4.68 Å². The van der Waals surface area contributed by atoms with Crippen molar-refractivity contribution in [2.45, 2.75) is 57.8 Å². The maximum atomic E-state index is 12.9. The van der Waals surface area contributed by atoms with Gasteiger partial charge in [-0.05, 0) is 25.7 Å². The SMILES string of the molecule is CCCN(Cc1cnn(C)c1)C(=O)N[C@@H]1CCC[C@H](C(F)(F)F)C1. The smallest absolute Gasteiger partial charge is 0.335 e. The first-order valence-electron chi connectivity index (χ1n) is 8.39. The number of alkyl halides is 3. The topological polar surface area (TPSA) is 50.2 Å². The number of aryl methyl sites for hydroxylation is 1. The van der Waals surface area contributed by atoms with Crippen molar-refractivity contribution in [3.8, 4) is 0 Å². The molecule has 136 valence electrons. The van der Waals surface area contributed by atoms with E-state index in [0.717, 1.165) is 12.0 Å². The molecule has 1 saturated carbocycles. The van der Waals surface area contributed by atoms with Crippen molar-refractivity contribution in [2.75, 3.05) is 6.54 Å². The number of nitrogens with one attached hydrogen (secondary N) is 1. The van der Waals surface area contributed by atoms with Gasteiger partial charge in [-0.25, -0.2) is 4.79 Å². The van der Waals surface area contributed by atoms with Crippen LogP contribution in [0.1, 0.15) is 44.6 Å². The summed E-state index contributed by atoms with van der Waals surface area (Å²) in [6.07, 6.45) is 1.35. The van der Waals surface area contributed by atoms with E-state index < -0.39 is 18.1 Å². The zero-order chi connectivity index (χ0) is 17.7. The molecular weight excluding hydrogens is 321 g/mol. The Labute approximate surface area is 140 Å². The number of hydrogen-bond donors (Lipinski definition) is 1. The fourth-order valence-corrected chi connectivity index (χ4v) is 3.18. The van der Waals surface area contributed by atoms with Crippen LogP contribution in [0.15, 0.2) is 12.4 Å². The predicted octanol–water partition coefficient (Wildman–Crippen LogP) is 3.46. The minimum Gasteiger partial charge on any atom is -0.335 e. The van der Waals surface area contributed by atoms with Gasteiger partial charge in [0.05, 0.1) is 18.7 Å². The van der Waals surface area contributed by atoms with Crippen LogP contribution in [-0.2, 0) is 13.6 Å². The first-order chi connectivity index (χ1) is 11.3. The predicted molar refractivity (Wildman–Crippen MR) is 84.2 cm³/mol. The second-order valence-electron chi connectivity index (χ2n) is 6.50. The summed E-state index contributed by atoms with van der Waals surface area (Å²) in [5, 5.41) is 6.87. The van der Waals surface area contributed by atoms with E-state index in [1.54, 1.807) is 22.8 Å². The van der Waals surface area contributed by atoms with Crippen molar-refractivity contribution < 1.29 is 18.0 Å². The normalized spacial score (nSPS) is 21.5. The lowest BCUT2D eigenvalue weighted by Gasteiger charge is -2.32. The molecule has 2 atom stereocenters. The second-order valence-corrected chi connectivity index (χ2v) is 6.50. The number of rotatable bonds is 5. The zero-order valence-electron chi connectivity index (χ0n) is 14.1. The molecule has 5 nitrogen and oxygen atoms in total. The second kappa shape index (κ2) is 7.90. The van der Waals surface area contributed by atoms with Crippen molar-refractivity contribution in [3.63, 3.8) is 0 Å². The average Bonchev–Trinajstić information content (AvgIpc) is 2.91. The minimum atomic E-state index is -4.18. The van der Waals surface area contributed by atoms with Gasteiger partial charge in [0, 0.05) is 31.4 Å². The fourth-order valence-electron chi connectivity index (χ4n) is 3.18. The molecule has 0 spiro atoms. The molecule has 1 fully saturated rings. The summed E-state index contributed by atoms with van der Waals surface area (Å²) in [5.74, 6) is -1.31.